The first kappa shape index (κ1) is 30.0. The minimum atomic E-state index is -0.678. The van der Waals surface area contributed by atoms with Gasteiger partial charge in [0, 0.05) is 10.0 Å². The van der Waals surface area contributed by atoms with Crippen LogP contribution in [0.5, 0.6) is 11.5 Å². The van der Waals surface area contributed by atoms with Crippen molar-refractivity contribution in [3.63, 3.8) is 0 Å². The molecule has 1 aliphatic rings. The number of methoxy groups -OCH3 is 1. The van der Waals surface area contributed by atoms with Crippen LogP contribution in [0, 0.1) is 18.3 Å². The second-order valence-corrected chi connectivity index (χ2v) is 11.7. The van der Waals surface area contributed by atoms with E-state index in [1.54, 1.807) is 48.8 Å². The van der Waals surface area contributed by atoms with Crippen molar-refractivity contribution in [2.24, 2.45) is 4.99 Å². The number of hydrogen-bond acceptors (Lipinski definition) is 8. The summed E-state index contributed by atoms with van der Waals surface area (Å²) in [5, 5.41) is 9.39. The SMILES string of the molecule is CCOC(=O)C1=C(C)N=c2s/c(=C/c3cc(OC)c(OCc4ccccc4C#N)cc3Br)c(=O)n2[C@@H]1c1ccc(C)cc1. The first-order valence-corrected chi connectivity index (χ1v) is 15.1. The van der Waals surface area contributed by atoms with Crippen LogP contribution in [0.4, 0.5) is 0 Å². The average Bonchev–Trinajstić information content (AvgIpc) is 3.30. The number of thiazole rings is 1. The number of carbonyl (C=O) groups is 1. The first-order chi connectivity index (χ1) is 20.7. The summed E-state index contributed by atoms with van der Waals surface area (Å²) >= 11 is 4.86. The molecule has 5 rings (SSSR count). The Hall–Kier alpha value is -4.46. The fourth-order valence-corrected chi connectivity index (χ4v) is 6.32. The molecule has 0 fully saturated rings. The fraction of sp³-hybridized carbons (Fsp3) is 0.212. The normalized spacial score (nSPS) is 14.5. The van der Waals surface area contributed by atoms with Crippen LogP contribution in [-0.4, -0.2) is 24.3 Å². The summed E-state index contributed by atoms with van der Waals surface area (Å²) in [5.41, 5.74) is 4.42. The van der Waals surface area contributed by atoms with Gasteiger partial charge in [-0.25, -0.2) is 9.79 Å². The number of aromatic nitrogens is 1. The Morgan fingerprint density at radius 3 is 2.58 bits per heavy atom. The molecule has 8 nitrogen and oxygen atoms in total. The highest BCUT2D eigenvalue weighted by atomic mass is 79.9. The number of nitrogens with zero attached hydrogens (tertiary/aromatic N) is 3. The zero-order valence-electron chi connectivity index (χ0n) is 24.0. The summed E-state index contributed by atoms with van der Waals surface area (Å²) < 4.78 is 19.7. The summed E-state index contributed by atoms with van der Waals surface area (Å²) in [6.45, 7) is 5.89. The van der Waals surface area contributed by atoms with Crippen LogP contribution in [0.1, 0.15) is 47.7 Å². The molecule has 0 amide bonds. The van der Waals surface area contributed by atoms with E-state index in [2.05, 4.69) is 27.0 Å². The van der Waals surface area contributed by atoms with Crippen LogP contribution in [0.2, 0.25) is 0 Å². The third-order valence-electron chi connectivity index (χ3n) is 7.00. The third-order valence-corrected chi connectivity index (χ3v) is 8.67. The number of nitriles is 1. The highest BCUT2D eigenvalue weighted by molar-refractivity contribution is 9.10. The predicted molar refractivity (Wildman–Crippen MR) is 168 cm³/mol. The molecule has 0 aliphatic carbocycles. The van der Waals surface area contributed by atoms with E-state index in [9.17, 15) is 14.9 Å². The van der Waals surface area contributed by atoms with Gasteiger partial charge in [-0.1, -0.05) is 75.3 Å². The molecule has 2 heterocycles. The molecule has 0 unspecified atom stereocenters. The molecule has 10 heteroatoms. The number of benzene rings is 3. The largest absolute Gasteiger partial charge is 0.493 e. The molecule has 0 N–H and O–H groups in total. The summed E-state index contributed by atoms with van der Waals surface area (Å²) in [6.07, 6.45) is 1.76. The first-order valence-electron chi connectivity index (χ1n) is 13.5. The highest BCUT2D eigenvalue weighted by Crippen LogP contribution is 2.35. The number of ether oxygens (including phenoxy) is 3. The van der Waals surface area contributed by atoms with E-state index in [0.717, 1.165) is 16.7 Å². The number of carbonyl (C=O) groups excluding carboxylic acids is 1. The fourth-order valence-electron chi connectivity index (χ4n) is 4.84. The molecule has 0 saturated carbocycles. The number of rotatable bonds is 8. The number of fused-ring (bicyclic) bond motifs is 1. The van der Waals surface area contributed by atoms with Gasteiger partial charge >= 0.3 is 5.97 Å². The van der Waals surface area contributed by atoms with E-state index in [1.807, 2.05) is 43.3 Å². The molecule has 0 radical (unpaired) electrons. The highest BCUT2D eigenvalue weighted by Gasteiger charge is 2.33. The summed E-state index contributed by atoms with van der Waals surface area (Å²) in [7, 11) is 1.54. The predicted octanol–water partition coefficient (Wildman–Crippen LogP) is 5.33. The maximum Gasteiger partial charge on any atom is 0.338 e. The summed E-state index contributed by atoms with van der Waals surface area (Å²) in [5.74, 6) is 0.452. The van der Waals surface area contributed by atoms with E-state index in [1.165, 1.54) is 18.4 Å². The maximum atomic E-state index is 14.0. The number of esters is 1. The molecule has 218 valence electrons. The summed E-state index contributed by atoms with van der Waals surface area (Å²) in [6, 6.07) is 20.0. The van der Waals surface area contributed by atoms with Gasteiger partial charge in [0.05, 0.1) is 47.2 Å². The molecule has 1 atom stereocenters. The van der Waals surface area contributed by atoms with Crippen LogP contribution in [0.15, 0.2) is 86.2 Å². The number of aryl methyl sites for hydroxylation is 1. The molecule has 4 aromatic rings. The molecular weight excluding hydrogens is 630 g/mol. The van der Waals surface area contributed by atoms with Crippen LogP contribution in [0.25, 0.3) is 6.08 Å². The van der Waals surface area contributed by atoms with E-state index < -0.39 is 12.0 Å². The van der Waals surface area contributed by atoms with Gasteiger partial charge in [0.1, 0.15) is 6.61 Å². The standard InChI is InChI=1S/C33H28BrN3O5S/c1-5-41-32(39)29-20(3)36-33-37(30(29)21-12-10-19(2)11-13-21)31(38)28(43-33)15-24-14-26(40-4)27(16-25(24)34)42-18-23-9-7-6-8-22(23)17-35/h6-16,30H,5,18H2,1-4H3/b28-15+/t30-/m1/s1. The Balaban J connectivity index is 1.57. The molecular formula is C33H28BrN3O5S. The molecule has 0 spiro atoms. The van der Waals surface area contributed by atoms with E-state index in [4.69, 9.17) is 14.2 Å². The minimum Gasteiger partial charge on any atom is -0.493 e. The van der Waals surface area contributed by atoms with Crippen LogP contribution < -0.4 is 24.4 Å². The van der Waals surface area contributed by atoms with Crippen LogP contribution in [-0.2, 0) is 16.1 Å². The monoisotopic (exact) mass is 657 g/mol. The zero-order valence-corrected chi connectivity index (χ0v) is 26.4. The van der Waals surface area contributed by atoms with Crippen molar-refractivity contribution in [1.29, 1.82) is 5.26 Å². The van der Waals surface area contributed by atoms with Gasteiger partial charge in [-0.05, 0) is 56.2 Å². The van der Waals surface area contributed by atoms with Gasteiger partial charge in [0.25, 0.3) is 5.56 Å². The van der Waals surface area contributed by atoms with Crippen molar-refractivity contribution in [1.82, 2.24) is 4.57 Å². The van der Waals surface area contributed by atoms with Crippen molar-refractivity contribution in [3.8, 4) is 17.6 Å². The lowest BCUT2D eigenvalue weighted by atomic mass is 9.95. The zero-order chi connectivity index (χ0) is 30.7. The summed E-state index contributed by atoms with van der Waals surface area (Å²) in [4.78, 5) is 32.2. The van der Waals surface area contributed by atoms with Gasteiger partial charge in [0.2, 0.25) is 0 Å². The van der Waals surface area contributed by atoms with Gasteiger partial charge in [-0.2, -0.15) is 5.26 Å². The van der Waals surface area contributed by atoms with E-state index in [-0.39, 0.29) is 18.8 Å². The third kappa shape index (κ3) is 6.05. The Morgan fingerprint density at radius 2 is 1.88 bits per heavy atom. The molecule has 1 aromatic heterocycles. The molecule has 0 saturated heterocycles. The van der Waals surface area contributed by atoms with Crippen molar-refractivity contribution < 1.29 is 19.0 Å². The second-order valence-electron chi connectivity index (χ2n) is 9.80. The van der Waals surface area contributed by atoms with Gasteiger partial charge in [0.15, 0.2) is 16.3 Å². The Labute approximate surface area is 260 Å². The van der Waals surface area contributed by atoms with E-state index in [0.29, 0.717) is 47.7 Å². The molecule has 43 heavy (non-hydrogen) atoms. The average molecular weight is 659 g/mol. The van der Waals surface area contributed by atoms with Gasteiger partial charge in [-0.3, -0.25) is 9.36 Å². The lowest BCUT2D eigenvalue weighted by Crippen LogP contribution is -2.39. The van der Waals surface area contributed by atoms with E-state index >= 15 is 0 Å². The minimum absolute atomic E-state index is 0.186. The number of hydrogen-bond donors (Lipinski definition) is 0. The topological polar surface area (TPSA) is 103 Å². The molecule has 3 aromatic carbocycles. The Kier molecular flexibility index (Phi) is 8.94. The van der Waals surface area contributed by atoms with Crippen LogP contribution in [0.3, 0.4) is 0 Å². The molecule has 1 aliphatic heterocycles. The lowest BCUT2D eigenvalue weighted by Gasteiger charge is -2.24. The van der Waals surface area contributed by atoms with Crippen molar-refractivity contribution >= 4 is 39.3 Å². The second kappa shape index (κ2) is 12.8. The van der Waals surface area contributed by atoms with Crippen molar-refractivity contribution in [2.75, 3.05) is 13.7 Å². The quantitative estimate of drug-likeness (QED) is 0.237. The maximum absolute atomic E-state index is 14.0. The lowest BCUT2D eigenvalue weighted by molar-refractivity contribution is -0.139. The van der Waals surface area contributed by atoms with Crippen LogP contribution >= 0.6 is 27.3 Å². The van der Waals surface area contributed by atoms with Crippen molar-refractivity contribution in [2.45, 2.75) is 33.4 Å². The van der Waals surface area contributed by atoms with Gasteiger partial charge in [-0.15, -0.1) is 0 Å². The Bertz CT molecular complexity index is 1970. The van der Waals surface area contributed by atoms with Gasteiger partial charge < -0.3 is 14.2 Å². The Morgan fingerprint density at radius 1 is 1.14 bits per heavy atom. The number of allylic oxidation sites excluding steroid dienone is 1. The smallest absolute Gasteiger partial charge is 0.338 e. The van der Waals surface area contributed by atoms with Crippen molar-refractivity contribution in [3.05, 3.63) is 124 Å². The molecule has 0 bridgehead atoms. The number of halogens is 1.